The van der Waals surface area contributed by atoms with Gasteiger partial charge in [0.2, 0.25) is 0 Å². The quantitative estimate of drug-likeness (QED) is 0.843. The molecule has 98 valence electrons. The van der Waals surface area contributed by atoms with Gasteiger partial charge in [0.05, 0.1) is 6.04 Å². The summed E-state index contributed by atoms with van der Waals surface area (Å²) in [6.07, 6.45) is 0. The van der Waals surface area contributed by atoms with Crippen LogP contribution in [0.1, 0.15) is 28.9 Å². The molecule has 0 saturated carbocycles. The molecule has 2 aromatic carbocycles. The van der Waals surface area contributed by atoms with Crippen LogP contribution in [0.5, 0.6) is 0 Å². The Morgan fingerprint density at radius 3 is 2.53 bits per heavy atom. The highest BCUT2D eigenvalue weighted by molar-refractivity contribution is 6.30. The Kier molecular flexibility index (Phi) is 4.07. The molecule has 0 aliphatic carbocycles. The Morgan fingerprint density at radius 2 is 1.89 bits per heavy atom. The molecule has 1 atom stereocenters. The maximum Gasteiger partial charge on any atom is 0.251 e. The van der Waals surface area contributed by atoms with Gasteiger partial charge in [0.15, 0.2) is 0 Å². The predicted molar refractivity (Wildman–Crippen MR) is 78.2 cm³/mol. The van der Waals surface area contributed by atoms with Gasteiger partial charge in [-0.2, -0.15) is 0 Å². The maximum atomic E-state index is 12.1. The van der Waals surface area contributed by atoms with Crippen LogP contribution < -0.4 is 11.1 Å². The number of benzene rings is 2. The van der Waals surface area contributed by atoms with Crippen molar-refractivity contribution in [2.45, 2.75) is 13.0 Å². The zero-order valence-corrected chi connectivity index (χ0v) is 11.3. The lowest BCUT2D eigenvalue weighted by atomic mass is 10.1. The minimum atomic E-state index is -0.144. The summed E-state index contributed by atoms with van der Waals surface area (Å²) in [6.45, 7) is 1.92. The van der Waals surface area contributed by atoms with Gasteiger partial charge in [-0.25, -0.2) is 0 Å². The third-order valence-corrected chi connectivity index (χ3v) is 3.12. The van der Waals surface area contributed by atoms with E-state index < -0.39 is 0 Å². The van der Waals surface area contributed by atoms with E-state index in [-0.39, 0.29) is 11.9 Å². The zero-order chi connectivity index (χ0) is 13.8. The smallest absolute Gasteiger partial charge is 0.251 e. The second-order valence-corrected chi connectivity index (χ2v) is 4.81. The number of anilines is 1. The fraction of sp³-hybridized carbons (Fsp3) is 0.133. The van der Waals surface area contributed by atoms with Crippen molar-refractivity contribution < 1.29 is 4.79 Å². The molecule has 0 fully saturated rings. The topological polar surface area (TPSA) is 55.1 Å². The second kappa shape index (κ2) is 5.76. The van der Waals surface area contributed by atoms with Crippen LogP contribution in [0, 0.1) is 0 Å². The molecule has 0 saturated heterocycles. The summed E-state index contributed by atoms with van der Waals surface area (Å²) in [7, 11) is 0. The van der Waals surface area contributed by atoms with Gasteiger partial charge in [0.1, 0.15) is 0 Å². The average Bonchev–Trinajstić information content (AvgIpc) is 2.39. The van der Waals surface area contributed by atoms with Gasteiger partial charge in [-0.15, -0.1) is 0 Å². The molecular weight excluding hydrogens is 260 g/mol. The summed E-state index contributed by atoms with van der Waals surface area (Å²) >= 11 is 5.83. The number of carbonyl (C=O) groups is 1. The van der Waals surface area contributed by atoms with E-state index in [0.29, 0.717) is 16.3 Å². The van der Waals surface area contributed by atoms with Crippen molar-refractivity contribution in [2.75, 3.05) is 5.73 Å². The first-order chi connectivity index (χ1) is 9.06. The SMILES string of the molecule is C[C@@H](NC(=O)c1cccc(N)c1)c1ccc(Cl)cc1. The highest BCUT2D eigenvalue weighted by Crippen LogP contribution is 2.17. The molecule has 2 aromatic rings. The number of halogens is 1. The minimum Gasteiger partial charge on any atom is -0.399 e. The lowest BCUT2D eigenvalue weighted by Crippen LogP contribution is -2.26. The number of carbonyl (C=O) groups excluding carboxylic acids is 1. The Hall–Kier alpha value is -2.00. The summed E-state index contributed by atoms with van der Waals surface area (Å²) in [6, 6.07) is 14.2. The van der Waals surface area contributed by atoms with Gasteiger partial charge < -0.3 is 11.1 Å². The van der Waals surface area contributed by atoms with Gasteiger partial charge >= 0.3 is 0 Å². The Morgan fingerprint density at radius 1 is 1.21 bits per heavy atom. The van der Waals surface area contributed by atoms with E-state index in [1.165, 1.54) is 0 Å². The van der Waals surface area contributed by atoms with Crippen LogP contribution in [-0.4, -0.2) is 5.91 Å². The summed E-state index contributed by atoms with van der Waals surface area (Å²) in [5, 5.41) is 3.60. The molecule has 0 aliphatic heterocycles. The van der Waals surface area contributed by atoms with Crippen molar-refractivity contribution in [3.8, 4) is 0 Å². The molecule has 1 amide bonds. The number of hydrogen-bond acceptors (Lipinski definition) is 2. The molecule has 0 heterocycles. The fourth-order valence-corrected chi connectivity index (χ4v) is 1.92. The molecule has 19 heavy (non-hydrogen) atoms. The molecule has 0 radical (unpaired) electrons. The van der Waals surface area contributed by atoms with Gasteiger partial charge in [0, 0.05) is 16.3 Å². The molecule has 3 nitrogen and oxygen atoms in total. The standard InChI is InChI=1S/C15H15ClN2O/c1-10(11-5-7-13(16)8-6-11)18-15(19)12-3-2-4-14(17)9-12/h2-10H,17H2,1H3,(H,18,19)/t10-/m1/s1. The first kappa shape index (κ1) is 13.4. The van der Waals surface area contributed by atoms with E-state index in [1.54, 1.807) is 36.4 Å². The van der Waals surface area contributed by atoms with E-state index >= 15 is 0 Å². The van der Waals surface area contributed by atoms with Crippen molar-refractivity contribution >= 4 is 23.2 Å². The first-order valence-electron chi connectivity index (χ1n) is 5.98. The summed E-state index contributed by atoms with van der Waals surface area (Å²) in [5.41, 5.74) is 7.79. The van der Waals surface area contributed by atoms with Crippen molar-refractivity contribution in [2.24, 2.45) is 0 Å². The number of nitrogens with one attached hydrogen (secondary N) is 1. The van der Waals surface area contributed by atoms with Gasteiger partial charge in [-0.05, 0) is 42.8 Å². The van der Waals surface area contributed by atoms with Crippen molar-refractivity contribution in [3.05, 3.63) is 64.7 Å². The van der Waals surface area contributed by atoms with Gasteiger partial charge in [-0.1, -0.05) is 29.8 Å². The summed E-state index contributed by atoms with van der Waals surface area (Å²) in [4.78, 5) is 12.1. The second-order valence-electron chi connectivity index (χ2n) is 4.37. The Balaban J connectivity index is 2.08. The molecule has 4 heteroatoms. The summed E-state index contributed by atoms with van der Waals surface area (Å²) in [5.74, 6) is -0.144. The van der Waals surface area contributed by atoms with Crippen LogP contribution >= 0.6 is 11.6 Å². The third kappa shape index (κ3) is 3.48. The highest BCUT2D eigenvalue weighted by atomic mass is 35.5. The van der Waals surface area contributed by atoms with Crippen LogP contribution in [0.25, 0.3) is 0 Å². The fourth-order valence-electron chi connectivity index (χ4n) is 1.79. The minimum absolute atomic E-state index is 0.0915. The van der Waals surface area contributed by atoms with Gasteiger partial charge in [-0.3, -0.25) is 4.79 Å². The van der Waals surface area contributed by atoms with Crippen molar-refractivity contribution in [1.29, 1.82) is 0 Å². The van der Waals surface area contributed by atoms with Crippen LogP contribution in [0.4, 0.5) is 5.69 Å². The summed E-state index contributed by atoms with van der Waals surface area (Å²) < 4.78 is 0. The first-order valence-corrected chi connectivity index (χ1v) is 6.36. The van der Waals surface area contributed by atoms with E-state index in [1.807, 2.05) is 19.1 Å². The lowest BCUT2D eigenvalue weighted by Gasteiger charge is -2.14. The van der Waals surface area contributed by atoms with Crippen molar-refractivity contribution in [1.82, 2.24) is 5.32 Å². The molecule has 0 spiro atoms. The molecular formula is C15H15ClN2O. The number of nitrogens with two attached hydrogens (primary N) is 1. The Bertz CT molecular complexity index is 581. The van der Waals surface area contributed by atoms with Crippen LogP contribution in [0.3, 0.4) is 0 Å². The third-order valence-electron chi connectivity index (χ3n) is 2.87. The van der Waals surface area contributed by atoms with Crippen molar-refractivity contribution in [3.63, 3.8) is 0 Å². The monoisotopic (exact) mass is 274 g/mol. The van der Waals surface area contributed by atoms with E-state index in [4.69, 9.17) is 17.3 Å². The average molecular weight is 275 g/mol. The van der Waals surface area contributed by atoms with Crippen LogP contribution in [0.2, 0.25) is 5.02 Å². The normalized spacial score (nSPS) is 11.9. The molecule has 2 rings (SSSR count). The van der Waals surface area contributed by atoms with Crippen LogP contribution in [-0.2, 0) is 0 Å². The Labute approximate surface area is 117 Å². The van der Waals surface area contributed by atoms with Gasteiger partial charge in [0.25, 0.3) is 5.91 Å². The van der Waals surface area contributed by atoms with E-state index in [0.717, 1.165) is 5.56 Å². The molecule has 0 aromatic heterocycles. The highest BCUT2D eigenvalue weighted by Gasteiger charge is 2.11. The molecule has 3 N–H and O–H groups in total. The number of amides is 1. The number of hydrogen-bond donors (Lipinski definition) is 2. The molecule has 0 bridgehead atoms. The van der Waals surface area contributed by atoms with E-state index in [9.17, 15) is 4.79 Å². The predicted octanol–water partition coefficient (Wildman–Crippen LogP) is 3.41. The molecule has 0 aliphatic rings. The molecule has 0 unspecified atom stereocenters. The van der Waals surface area contributed by atoms with Crippen LogP contribution in [0.15, 0.2) is 48.5 Å². The largest absolute Gasteiger partial charge is 0.399 e. The number of nitrogen functional groups attached to an aromatic ring is 1. The zero-order valence-electron chi connectivity index (χ0n) is 10.6. The number of rotatable bonds is 3. The maximum absolute atomic E-state index is 12.1. The van der Waals surface area contributed by atoms with E-state index in [2.05, 4.69) is 5.32 Å². The lowest BCUT2D eigenvalue weighted by molar-refractivity contribution is 0.0940.